The monoisotopic (exact) mass is 414 g/mol. The fourth-order valence-corrected chi connectivity index (χ4v) is 2.84. The van der Waals surface area contributed by atoms with E-state index in [-0.39, 0.29) is 23.2 Å². The minimum atomic E-state index is -0.709. The van der Waals surface area contributed by atoms with Crippen LogP contribution in [0.4, 0.5) is 0 Å². The molecule has 0 N–H and O–H groups in total. The number of carbonyl (C=O) groups is 1. The number of esters is 1. The Morgan fingerprint density at radius 3 is 2.47 bits per heavy atom. The molecule has 0 atom stereocenters. The molecule has 0 bridgehead atoms. The Kier molecular flexibility index (Phi) is 8.27. The molecule has 0 unspecified atom stereocenters. The lowest BCUT2D eigenvalue weighted by atomic mass is 10.1. The van der Waals surface area contributed by atoms with E-state index in [1.807, 2.05) is 6.08 Å². The summed E-state index contributed by atoms with van der Waals surface area (Å²) in [7, 11) is 0. The summed E-state index contributed by atoms with van der Waals surface area (Å²) in [5.74, 6) is -0.255. The van der Waals surface area contributed by atoms with E-state index < -0.39 is 11.6 Å². The van der Waals surface area contributed by atoms with Crippen LogP contribution < -0.4 is 19.8 Å². The van der Waals surface area contributed by atoms with Gasteiger partial charge in [-0.3, -0.25) is 4.79 Å². The summed E-state index contributed by atoms with van der Waals surface area (Å²) in [6.45, 7) is 11.4. The van der Waals surface area contributed by atoms with Crippen LogP contribution in [0.25, 0.3) is 11.0 Å². The van der Waals surface area contributed by atoms with Gasteiger partial charge in [-0.1, -0.05) is 23.3 Å². The van der Waals surface area contributed by atoms with Crippen molar-refractivity contribution in [1.82, 2.24) is 0 Å². The number of allylic oxidation sites excluding steroid dienone is 3. The van der Waals surface area contributed by atoms with E-state index in [4.69, 9.17) is 18.6 Å². The van der Waals surface area contributed by atoms with Gasteiger partial charge in [0, 0.05) is 6.92 Å². The molecule has 1 aromatic carbocycles. The Hall–Kier alpha value is -3.02. The topological polar surface area (TPSA) is 75.0 Å². The van der Waals surface area contributed by atoms with Crippen LogP contribution in [0.3, 0.4) is 0 Å². The van der Waals surface area contributed by atoms with Crippen LogP contribution in [0.1, 0.15) is 54.4 Å². The molecule has 0 aliphatic carbocycles. The van der Waals surface area contributed by atoms with E-state index in [9.17, 15) is 9.59 Å². The van der Waals surface area contributed by atoms with Crippen LogP contribution in [-0.2, 0) is 4.79 Å². The molecule has 6 heteroatoms. The predicted octanol–water partition coefficient (Wildman–Crippen LogP) is 5.58. The Bertz CT molecular complexity index is 1010. The van der Waals surface area contributed by atoms with Gasteiger partial charge in [-0.15, -0.1) is 0 Å². The molecule has 30 heavy (non-hydrogen) atoms. The van der Waals surface area contributed by atoms with Gasteiger partial charge in [0.2, 0.25) is 5.75 Å². The van der Waals surface area contributed by atoms with Crippen molar-refractivity contribution in [3.05, 3.63) is 51.9 Å². The molecule has 2 rings (SSSR count). The lowest BCUT2D eigenvalue weighted by molar-refractivity contribution is -0.131. The summed E-state index contributed by atoms with van der Waals surface area (Å²) >= 11 is 0. The van der Waals surface area contributed by atoms with Crippen molar-refractivity contribution in [1.29, 1.82) is 0 Å². The molecule has 162 valence electrons. The van der Waals surface area contributed by atoms with Crippen molar-refractivity contribution >= 4 is 16.9 Å². The van der Waals surface area contributed by atoms with Gasteiger partial charge < -0.3 is 18.6 Å². The van der Waals surface area contributed by atoms with Gasteiger partial charge in [0.1, 0.15) is 23.3 Å². The predicted molar refractivity (Wildman–Crippen MR) is 117 cm³/mol. The minimum Gasteiger partial charge on any atom is -0.489 e. The van der Waals surface area contributed by atoms with Crippen LogP contribution in [0.5, 0.6) is 17.2 Å². The first-order chi connectivity index (χ1) is 14.2. The first-order valence-corrected chi connectivity index (χ1v) is 10.1. The van der Waals surface area contributed by atoms with Gasteiger partial charge in [-0.05, 0) is 65.7 Å². The summed E-state index contributed by atoms with van der Waals surface area (Å²) in [6, 6.07) is 5.07. The van der Waals surface area contributed by atoms with Crippen molar-refractivity contribution in [2.45, 2.75) is 60.5 Å². The molecular weight excluding hydrogens is 384 g/mol. The average molecular weight is 414 g/mol. The Morgan fingerprint density at radius 2 is 1.83 bits per heavy atom. The fourth-order valence-electron chi connectivity index (χ4n) is 2.84. The van der Waals surface area contributed by atoms with Gasteiger partial charge >= 0.3 is 11.6 Å². The normalized spacial score (nSPS) is 11.5. The van der Waals surface area contributed by atoms with E-state index in [0.29, 0.717) is 17.7 Å². The molecule has 2 aromatic rings. The van der Waals surface area contributed by atoms with Crippen molar-refractivity contribution in [3.8, 4) is 17.2 Å². The van der Waals surface area contributed by atoms with Crippen molar-refractivity contribution in [2.75, 3.05) is 6.61 Å². The minimum absolute atomic E-state index is 0.0160. The number of ether oxygens (including phenoxy) is 3. The molecule has 0 saturated heterocycles. The zero-order valence-corrected chi connectivity index (χ0v) is 18.5. The van der Waals surface area contributed by atoms with E-state index in [2.05, 4.69) is 26.8 Å². The van der Waals surface area contributed by atoms with Crippen LogP contribution in [0.15, 0.2) is 50.7 Å². The molecule has 0 spiro atoms. The van der Waals surface area contributed by atoms with Crippen molar-refractivity contribution < 1.29 is 23.4 Å². The molecule has 6 nitrogen and oxygen atoms in total. The van der Waals surface area contributed by atoms with Gasteiger partial charge in [-0.25, -0.2) is 4.79 Å². The Labute approximate surface area is 177 Å². The highest BCUT2D eigenvalue weighted by molar-refractivity contribution is 5.93. The van der Waals surface area contributed by atoms with Gasteiger partial charge in [-0.2, -0.15) is 0 Å². The van der Waals surface area contributed by atoms with Crippen molar-refractivity contribution in [2.24, 2.45) is 0 Å². The summed E-state index contributed by atoms with van der Waals surface area (Å²) in [4.78, 5) is 24.1. The number of carbonyl (C=O) groups excluding carboxylic acids is 1. The molecule has 0 radical (unpaired) electrons. The SMILES string of the molecule is CC(=O)Oc1c(OC(C)C)c(=O)oc2cccc(OCC=C(C)CCC=C(C)C)c12. The third-order valence-electron chi connectivity index (χ3n) is 4.17. The zero-order chi connectivity index (χ0) is 22.3. The molecule has 0 fully saturated rings. The molecule has 0 aliphatic rings. The maximum atomic E-state index is 12.4. The van der Waals surface area contributed by atoms with Gasteiger partial charge in [0.25, 0.3) is 0 Å². The number of benzene rings is 1. The third-order valence-corrected chi connectivity index (χ3v) is 4.17. The highest BCUT2D eigenvalue weighted by Crippen LogP contribution is 2.39. The standard InChI is InChI=1S/C24H30O6/c1-15(2)9-7-10-17(5)13-14-27-19-11-8-12-20-21(19)22(29-18(6)25)23(24(26)30-20)28-16(3)4/h8-9,11-13,16H,7,10,14H2,1-6H3. The first kappa shape index (κ1) is 23.3. The maximum absolute atomic E-state index is 12.4. The highest BCUT2D eigenvalue weighted by atomic mass is 16.6. The number of rotatable bonds is 9. The Balaban J connectivity index is 2.39. The number of fused-ring (bicyclic) bond motifs is 1. The Morgan fingerprint density at radius 1 is 1.10 bits per heavy atom. The molecule has 1 aromatic heterocycles. The lowest BCUT2D eigenvalue weighted by Crippen LogP contribution is -2.16. The second-order valence-electron chi connectivity index (χ2n) is 7.62. The van der Waals surface area contributed by atoms with E-state index in [0.717, 1.165) is 12.8 Å². The molecule has 0 saturated carbocycles. The lowest BCUT2D eigenvalue weighted by Gasteiger charge is -2.16. The van der Waals surface area contributed by atoms with E-state index in [1.165, 1.54) is 18.1 Å². The summed E-state index contributed by atoms with van der Waals surface area (Å²) in [5, 5.41) is 0.388. The number of hydrogen-bond donors (Lipinski definition) is 0. The van der Waals surface area contributed by atoms with Crippen LogP contribution in [0, 0.1) is 0 Å². The second-order valence-corrected chi connectivity index (χ2v) is 7.62. The molecule has 0 amide bonds. The third kappa shape index (κ3) is 6.51. The largest absolute Gasteiger partial charge is 0.489 e. The smallest absolute Gasteiger partial charge is 0.383 e. The average Bonchev–Trinajstić information content (AvgIpc) is 2.63. The quantitative estimate of drug-likeness (QED) is 0.303. The summed E-state index contributed by atoms with van der Waals surface area (Å²) < 4.78 is 22.3. The highest BCUT2D eigenvalue weighted by Gasteiger charge is 2.23. The van der Waals surface area contributed by atoms with Gasteiger partial charge in [0.05, 0.1) is 6.10 Å². The summed E-state index contributed by atoms with van der Waals surface area (Å²) in [5.41, 5.74) is 2.06. The molecule has 0 aliphatic heterocycles. The van der Waals surface area contributed by atoms with E-state index >= 15 is 0 Å². The molecular formula is C24H30O6. The van der Waals surface area contributed by atoms with E-state index in [1.54, 1.807) is 32.0 Å². The first-order valence-electron chi connectivity index (χ1n) is 10.1. The maximum Gasteiger partial charge on any atom is 0.383 e. The zero-order valence-electron chi connectivity index (χ0n) is 18.5. The number of hydrogen-bond acceptors (Lipinski definition) is 6. The van der Waals surface area contributed by atoms with Gasteiger partial charge in [0.15, 0.2) is 5.75 Å². The van der Waals surface area contributed by atoms with Crippen LogP contribution in [0.2, 0.25) is 0 Å². The van der Waals surface area contributed by atoms with Crippen LogP contribution in [-0.4, -0.2) is 18.7 Å². The second kappa shape index (κ2) is 10.7. The summed E-state index contributed by atoms with van der Waals surface area (Å²) in [6.07, 6.45) is 5.83. The van der Waals surface area contributed by atoms with Crippen molar-refractivity contribution in [3.63, 3.8) is 0 Å². The molecule has 1 heterocycles. The fraction of sp³-hybridized carbons (Fsp3) is 0.417. The van der Waals surface area contributed by atoms with Crippen LogP contribution >= 0.6 is 0 Å².